The second-order valence-corrected chi connectivity index (χ2v) is 2.94. The van der Waals surface area contributed by atoms with E-state index in [4.69, 9.17) is 0 Å². The zero-order valence-corrected chi connectivity index (χ0v) is 5.38. The third kappa shape index (κ3) is 1.13. The smallest absolute Gasteiger partial charge is 0.0732 e. The number of nitrogens with one attached hydrogen (secondary N) is 1. The lowest BCUT2D eigenvalue weighted by Crippen LogP contribution is -2.13. The van der Waals surface area contributed by atoms with E-state index in [-0.39, 0.29) is 0 Å². The second kappa shape index (κ2) is 1.78. The van der Waals surface area contributed by atoms with Crippen LogP contribution in [-0.4, -0.2) is 5.37 Å². The Hall–Kier alpha value is -0.110. The van der Waals surface area contributed by atoms with Gasteiger partial charge in [0.1, 0.15) is 0 Å². The molecule has 0 aliphatic carbocycles. The molecule has 0 aromatic rings. The average molecular weight is 115 g/mol. The molecule has 1 heterocycles. The minimum atomic E-state index is 0.597. The molecule has 0 saturated carbocycles. The maximum atomic E-state index is 3.24. The number of allylic oxidation sites excluding steroid dienone is 1. The molecule has 1 aliphatic rings. The number of thioether (sulfide) groups is 1. The van der Waals surface area contributed by atoms with Crippen LogP contribution >= 0.6 is 11.8 Å². The van der Waals surface area contributed by atoms with E-state index in [0.29, 0.717) is 5.37 Å². The highest BCUT2D eigenvalue weighted by Crippen LogP contribution is 2.18. The monoisotopic (exact) mass is 115 g/mol. The molecule has 0 bridgehead atoms. The van der Waals surface area contributed by atoms with E-state index in [0.717, 1.165) is 0 Å². The molecule has 1 aliphatic heterocycles. The lowest BCUT2D eigenvalue weighted by atomic mass is 10.5. The summed E-state index contributed by atoms with van der Waals surface area (Å²) < 4.78 is 0. The molecule has 1 nitrogen and oxygen atoms in total. The Morgan fingerprint density at radius 3 is 2.71 bits per heavy atom. The zero-order valence-electron chi connectivity index (χ0n) is 4.56. The van der Waals surface area contributed by atoms with Crippen LogP contribution in [0.1, 0.15) is 13.8 Å². The first kappa shape index (κ1) is 5.04. The fourth-order valence-electron chi connectivity index (χ4n) is 0.593. The van der Waals surface area contributed by atoms with E-state index in [9.17, 15) is 0 Å². The topological polar surface area (TPSA) is 12.0 Å². The third-order valence-electron chi connectivity index (χ3n) is 0.880. The van der Waals surface area contributed by atoms with Gasteiger partial charge in [-0.15, -0.1) is 11.8 Å². The normalized spacial score (nSPS) is 29.4. The Bertz CT molecular complexity index is 98.3. The predicted octanol–water partition coefficient (Wildman–Crippen LogP) is 1.53. The molecule has 0 radical (unpaired) electrons. The summed E-state index contributed by atoms with van der Waals surface area (Å²) in [6, 6.07) is 0. The molecule has 0 amide bonds. The molecular weight excluding hydrogens is 106 g/mol. The standard InChI is InChI=1S/C5H9NS/c1-4-3-7-5(2)6-4/h3,5-6H,1-2H3/t5-/m1/s1. The lowest BCUT2D eigenvalue weighted by Gasteiger charge is -2.00. The van der Waals surface area contributed by atoms with Crippen molar-refractivity contribution in [3.63, 3.8) is 0 Å². The summed E-state index contributed by atoms with van der Waals surface area (Å²) in [5.41, 5.74) is 1.29. The Morgan fingerprint density at radius 2 is 2.57 bits per heavy atom. The first-order chi connectivity index (χ1) is 3.29. The molecule has 2 heteroatoms. The molecule has 0 spiro atoms. The first-order valence-corrected chi connectivity index (χ1v) is 3.32. The molecule has 0 aromatic carbocycles. The van der Waals surface area contributed by atoms with Gasteiger partial charge in [-0.1, -0.05) is 0 Å². The summed E-state index contributed by atoms with van der Waals surface area (Å²) >= 11 is 1.83. The van der Waals surface area contributed by atoms with Gasteiger partial charge in [-0.2, -0.15) is 0 Å². The highest BCUT2D eigenvalue weighted by molar-refractivity contribution is 8.02. The van der Waals surface area contributed by atoms with Crippen molar-refractivity contribution >= 4 is 11.8 Å². The fraction of sp³-hybridized carbons (Fsp3) is 0.600. The van der Waals surface area contributed by atoms with Gasteiger partial charge in [-0.05, 0) is 19.3 Å². The van der Waals surface area contributed by atoms with Gasteiger partial charge in [-0.25, -0.2) is 0 Å². The van der Waals surface area contributed by atoms with E-state index in [1.54, 1.807) is 0 Å². The van der Waals surface area contributed by atoms with Crippen molar-refractivity contribution in [1.82, 2.24) is 5.32 Å². The third-order valence-corrected chi connectivity index (χ3v) is 1.90. The van der Waals surface area contributed by atoms with Crippen molar-refractivity contribution in [2.45, 2.75) is 19.2 Å². The van der Waals surface area contributed by atoms with Gasteiger partial charge >= 0.3 is 0 Å². The van der Waals surface area contributed by atoms with Gasteiger partial charge in [0, 0.05) is 5.70 Å². The molecule has 1 rings (SSSR count). The van der Waals surface area contributed by atoms with Gasteiger partial charge in [0.15, 0.2) is 0 Å². The van der Waals surface area contributed by atoms with Crippen LogP contribution in [0.15, 0.2) is 11.1 Å². The maximum absolute atomic E-state index is 3.24. The Kier molecular flexibility index (Phi) is 1.28. The summed E-state index contributed by atoms with van der Waals surface area (Å²) in [7, 11) is 0. The lowest BCUT2D eigenvalue weighted by molar-refractivity contribution is 0.822. The number of rotatable bonds is 0. The van der Waals surface area contributed by atoms with Crippen molar-refractivity contribution < 1.29 is 0 Å². The molecule has 1 atom stereocenters. The minimum Gasteiger partial charge on any atom is -0.376 e. The van der Waals surface area contributed by atoms with Crippen molar-refractivity contribution in [3.05, 3.63) is 11.1 Å². The van der Waals surface area contributed by atoms with Crippen LogP contribution in [0.25, 0.3) is 0 Å². The highest BCUT2D eigenvalue weighted by atomic mass is 32.2. The van der Waals surface area contributed by atoms with Crippen LogP contribution in [0, 0.1) is 0 Å². The Balaban J connectivity index is 2.42. The average Bonchev–Trinajstić information content (AvgIpc) is 1.87. The summed E-state index contributed by atoms with van der Waals surface area (Å²) in [6.45, 7) is 4.23. The van der Waals surface area contributed by atoms with Crippen molar-refractivity contribution in [3.8, 4) is 0 Å². The van der Waals surface area contributed by atoms with E-state index in [1.165, 1.54) is 5.70 Å². The van der Waals surface area contributed by atoms with E-state index in [2.05, 4.69) is 24.6 Å². The van der Waals surface area contributed by atoms with Crippen LogP contribution in [0.5, 0.6) is 0 Å². The van der Waals surface area contributed by atoms with Crippen molar-refractivity contribution in [1.29, 1.82) is 0 Å². The van der Waals surface area contributed by atoms with Gasteiger partial charge in [0.05, 0.1) is 5.37 Å². The van der Waals surface area contributed by atoms with Crippen LogP contribution < -0.4 is 5.32 Å². The summed E-state index contributed by atoms with van der Waals surface area (Å²) in [6.07, 6.45) is 0. The minimum absolute atomic E-state index is 0.597. The van der Waals surface area contributed by atoms with Gasteiger partial charge in [-0.3, -0.25) is 0 Å². The van der Waals surface area contributed by atoms with Gasteiger partial charge in [0.2, 0.25) is 0 Å². The highest BCUT2D eigenvalue weighted by Gasteiger charge is 2.05. The molecular formula is C5H9NS. The fourth-order valence-corrected chi connectivity index (χ4v) is 1.32. The quantitative estimate of drug-likeness (QED) is 0.514. The first-order valence-electron chi connectivity index (χ1n) is 2.38. The van der Waals surface area contributed by atoms with Crippen molar-refractivity contribution in [2.75, 3.05) is 0 Å². The number of hydrogen-bond donors (Lipinski definition) is 1. The summed E-state index contributed by atoms with van der Waals surface area (Å²) in [4.78, 5) is 0. The molecule has 7 heavy (non-hydrogen) atoms. The van der Waals surface area contributed by atoms with E-state index >= 15 is 0 Å². The van der Waals surface area contributed by atoms with Crippen LogP contribution in [0.2, 0.25) is 0 Å². The second-order valence-electron chi connectivity index (χ2n) is 1.72. The van der Waals surface area contributed by atoms with Gasteiger partial charge in [0.25, 0.3) is 0 Å². The number of hydrogen-bond acceptors (Lipinski definition) is 2. The SMILES string of the molecule is CC1=CS[C@H](C)N1. The summed E-state index contributed by atoms with van der Waals surface area (Å²) in [5.74, 6) is 0. The van der Waals surface area contributed by atoms with E-state index in [1.807, 2.05) is 11.8 Å². The van der Waals surface area contributed by atoms with Crippen LogP contribution in [0.3, 0.4) is 0 Å². The summed E-state index contributed by atoms with van der Waals surface area (Å²) in [5, 5.41) is 5.98. The molecule has 1 N–H and O–H groups in total. The van der Waals surface area contributed by atoms with Crippen LogP contribution in [0.4, 0.5) is 0 Å². The largest absolute Gasteiger partial charge is 0.376 e. The Labute approximate surface area is 48.2 Å². The van der Waals surface area contributed by atoms with Gasteiger partial charge < -0.3 is 5.32 Å². The predicted molar refractivity (Wildman–Crippen MR) is 33.9 cm³/mol. The molecule has 40 valence electrons. The Morgan fingerprint density at radius 1 is 1.86 bits per heavy atom. The maximum Gasteiger partial charge on any atom is 0.0732 e. The molecule has 0 aromatic heterocycles. The molecule has 0 fully saturated rings. The molecule has 0 saturated heterocycles. The van der Waals surface area contributed by atoms with Crippen molar-refractivity contribution in [2.24, 2.45) is 0 Å². The zero-order chi connectivity index (χ0) is 5.28. The van der Waals surface area contributed by atoms with Crippen LogP contribution in [-0.2, 0) is 0 Å². The van der Waals surface area contributed by atoms with E-state index < -0.39 is 0 Å². The molecule has 0 unspecified atom stereocenters.